The lowest BCUT2D eigenvalue weighted by Crippen LogP contribution is -2.41. The van der Waals surface area contributed by atoms with Gasteiger partial charge in [-0.25, -0.2) is 0 Å². The van der Waals surface area contributed by atoms with Gasteiger partial charge in [0.2, 0.25) is 0 Å². The van der Waals surface area contributed by atoms with Crippen LogP contribution in [0.5, 0.6) is 0 Å². The number of hydrogen-bond donors (Lipinski definition) is 2. The number of halogens is 1. The van der Waals surface area contributed by atoms with Gasteiger partial charge in [0.1, 0.15) is 5.76 Å². The molecule has 3 rings (SSSR count). The molecule has 1 unspecified atom stereocenters. The Morgan fingerprint density at radius 1 is 1.28 bits per heavy atom. The number of rotatable bonds is 6. The van der Waals surface area contributed by atoms with E-state index < -0.39 is 0 Å². The predicted octanol–water partition coefficient (Wildman–Crippen LogP) is 3.28. The second kappa shape index (κ2) is 8.94. The summed E-state index contributed by atoms with van der Waals surface area (Å²) < 4.78 is 6.47. The van der Waals surface area contributed by atoms with Crippen LogP contribution in [0.4, 0.5) is 5.69 Å². The molecule has 2 heterocycles. The van der Waals surface area contributed by atoms with Crippen molar-refractivity contribution < 1.29 is 4.42 Å². The van der Waals surface area contributed by atoms with Crippen LogP contribution in [-0.4, -0.2) is 39.2 Å². The van der Waals surface area contributed by atoms with Gasteiger partial charge in [0.15, 0.2) is 5.96 Å². The van der Waals surface area contributed by atoms with Gasteiger partial charge in [0.25, 0.3) is 0 Å². The van der Waals surface area contributed by atoms with Crippen LogP contribution in [0, 0.1) is 5.92 Å². The van der Waals surface area contributed by atoms with E-state index in [9.17, 15) is 0 Å². The van der Waals surface area contributed by atoms with Gasteiger partial charge >= 0.3 is 0 Å². The molecule has 0 aliphatic carbocycles. The minimum atomic E-state index is 0.632. The van der Waals surface area contributed by atoms with Crippen molar-refractivity contribution in [3.8, 4) is 0 Å². The monoisotopic (exact) mass is 404 g/mol. The lowest BCUT2D eigenvalue weighted by molar-refractivity contribution is 0.506. The van der Waals surface area contributed by atoms with Crippen LogP contribution >= 0.6 is 15.9 Å². The number of anilines is 1. The Balaban J connectivity index is 1.39. The highest BCUT2D eigenvalue weighted by atomic mass is 79.9. The molecule has 1 aliphatic rings. The number of furan rings is 1. The second-order valence-electron chi connectivity index (χ2n) is 6.29. The topological polar surface area (TPSA) is 52.8 Å². The first-order chi connectivity index (χ1) is 12.2. The smallest absolute Gasteiger partial charge is 0.191 e. The van der Waals surface area contributed by atoms with Gasteiger partial charge in [-0.1, -0.05) is 15.9 Å². The Kier molecular flexibility index (Phi) is 6.39. The summed E-state index contributed by atoms with van der Waals surface area (Å²) in [6.07, 6.45) is 3.76. The summed E-state index contributed by atoms with van der Waals surface area (Å²) in [4.78, 5) is 6.75. The van der Waals surface area contributed by atoms with Crippen LogP contribution in [0.2, 0.25) is 0 Å². The average Bonchev–Trinajstić information content (AvgIpc) is 3.30. The minimum Gasteiger partial charge on any atom is -0.469 e. The highest BCUT2D eigenvalue weighted by Crippen LogP contribution is 2.24. The highest BCUT2D eigenvalue weighted by molar-refractivity contribution is 9.10. The van der Waals surface area contributed by atoms with Gasteiger partial charge in [-0.3, -0.25) is 4.99 Å². The Bertz CT molecular complexity index is 669. The molecule has 2 N–H and O–H groups in total. The number of benzene rings is 1. The fourth-order valence-electron chi connectivity index (χ4n) is 3.11. The molecule has 0 saturated carbocycles. The molecule has 0 spiro atoms. The third-order valence-electron chi connectivity index (χ3n) is 4.50. The van der Waals surface area contributed by atoms with E-state index >= 15 is 0 Å². The van der Waals surface area contributed by atoms with Crippen LogP contribution < -0.4 is 15.5 Å². The van der Waals surface area contributed by atoms with Crippen molar-refractivity contribution in [2.24, 2.45) is 10.9 Å². The molecule has 0 amide bonds. The first kappa shape index (κ1) is 17.9. The molecule has 134 valence electrons. The zero-order valence-electron chi connectivity index (χ0n) is 14.5. The summed E-state index contributed by atoms with van der Waals surface area (Å²) >= 11 is 3.49. The van der Waals surface area contributed by atoms with Crippen LogP contribution in [0.1, 0.15) is 12.2 Å². The van der Waals surface area contributed by atoms with Crippen LogP contribution in [0.3, 0.4) is 0 Å². The standard InChI is InChI=1S/C19H25BrN4O/c1-21-19(22-10-8-18-3-2-12-25-18)23-13-15-9-11-24(14-15)17-6-4-16(20)5-7-17/h2-7,12,15H,8-11,13-14H2,1H3,(H2,21,22,23). The first-order valence-corrected chi connectivity index (χ1v) is 9.51. The summed E-state index contributed by atoms with van der Waals surface area (Å²) in [7, 11) is 1.81. The fourth-order valence-corrected chi connectivity index (χ4v) is 3.37. The second-order valence-corrected chi connectivity index (χ2v) is 7.20. The third-order valence-corrected chi connectivity index (χ3v) is 5.03. The Labute approximate surface area is 157 Å². The van der Waals surface area contributed by atoms with Crippen molar-refractivity contribution in [2.45, 2.75) is 12.8 Å². The lowest BCUT2D eigenvalue weighted by Gasteiger charge is -2.19. The van der Waals surface area contributed by atoms with E-state index in [1.807, 2.05) is 19.2 Å². The quantitative estimate of drug-likeness (QED) is 0.572. The third kappa shape index (κ3) is 5.26. The number of guanidine groups is 1. The van der Waals surface area contributed by atoms with E-state index in [1.54, 1.807) is 6.26 Å². The van der Waals surface area contributed by atoms with Crippen molar-refractivity contribution in [1.82, 2.24) is 10.6 Å². The molecule has 1 saturated heterocycles. The maximum absolute atomic E-state index is 5.34. The predicted molar refractivity (Wildman–Crippen MR) is 106 cm³/mol. The first-order valence-electron chi connectivity index (χ1n) is 8.72. The molecule has 1 aromatic carbocycles. The highest BCUT2D eigenvalue weighted by Gasteiger charge is 2.22. The SMILES string of the molecule is CN=C(NCCc1ccco1)NCC1CCN(c2ccc(Br)cc2)C1. The molecule has 2 aromatic rings. The molecular weight excluding hydrogens is 380 g/mol. The Hall–Kier alpha value is -1.95. The molecule has 6 heteroatoms. The van der Waals surface area contributed by atoms with Gasteiger partial charge in [0.05, 0.1) is 6.26 Å². The number of aliphatic imine (C=N–C) groups is 1. The van der Waals surface area contributed by atoms with Gasteiger partial charge in [-0.15, -0.1) is 0 Å². The molecule has 0 bridgehead atoms. The minimum absolute atomic E-state index is 0.632. The fraction of sp³-hybridized carbons (Fsp3) is 0.421. The summed E-state index contributed by atoms with van der Waals surface area (Å²) in [6.45, 7) is 3.94. The average molecular weight is 405 g/mol. The maximum Gasteiger partial charge on any atom is 0.191 e. The van der Waals surface area contributed by atoms with Crippen molar-refractivity contribution in [2.75, 3.05) is 38.1 Å². The largest absolute Gasteiger partial charge is 0.469 e. The van der Waals surface area contributed by atoms with E-state index in [0.29, 0.717) is 5.92 Å². The lowest BCUT2D eigenvalue weighted by atomic mass is 10.1. The molecule has 1 aliphatic heterocycles. The van der Waals surface area contributed by atoms with E-state index in [-0.39, 0.29) is 0 Å². The molecular formula is C19H25BrN4O. The normalized spacial score (nSPS) is 17.8. The summed E-state index contributed by atoms with van der Waals surface area (Å²) in [5.41, 5.74) is 1.30. The van der Waals surface area contributed by atoms with Crippen LogP contribution in [0.15, 0.2) is 56.5 Å². The number of nitrogens with zero attached hydrogens (tertiary/aromatic N) is 2. The van der Waals surface area contributed by atoms with E-state index in [1.165, 1.54) is 12.1 Å². The Morgan fingerprint density at radius 3 is 2.84 bits per heavy atom. The summed E-state index contributed by atoms with van der Waals surface area (Å²) in [6, 6.07) is 12.5. The van der Waals surface area contributed by atoms with Crippen molar-refractivity contribution in [3.05, 3.63) is 52.9 Å². The van der Waals surface area contributed by atoms with Gasteiger partial charge in [0, 0.05) is 49.8 Å². The molecule has 1 fully saturated rings. The molecule has 5 nitrogen and oxygen atoms in total. The zero-order valence-corrected chi connectivity index (χ0v) is 16.1. The van der Waals surface area contributed by atoms with Crippen molar-refractivity contribution in [1.29, 1.82) is 0 Å². The van der Waals surface area contributed by atoms with E-state index in [2.05, 4.69) is 60.7 Å². The van der Waals surface area contributed by atoms with Gasteiger partial charge < -0.3 is 20.0 Å². The summed E-state index contributed by atoms with van der Waals surface area (Å²) in [5, 5.41) is 6.79. The molecule has 1 aromatic heterocycles. The number of nitrogens with one attached hydrogen (secondary N) is 2. The number of hydrogen-bond acceptors (Lipinski definition) is 3. The van der Waals surface area contributed by atoms with Crippen LogP contribution in [-0.2, 0) is 6.42 Å². The maximum atomic E-state index is 5.34. The van der Waals surface area contributed by atoms with Gasteiger partial charge in [-0.2, -0.15) is 0 Å². The molecule has 0 radical (unpaired) electrons. The molecule has 1 atom stereocenters. The molecule has 25 heavy (non-hydrogen) atoms. The van der Waals surface area contributed by atoms with E-state index in [0.717, 1.165) is 48.8 Å². The van der Waals surface area contributed by atoms with Crippen LogP contribution in [0.25, 0.3) is 0 Å². The van der Waals surface area contributed by atoms with Gasteiger partial charge in [-0.05, 0) is 48.7 Å². The Morgan fingerprint density at radius 2 is 2.12 bits per heavy atom. The zero-order chi connectivity index (χ0) is 17.5. The summed E-state index contributed by atoms with van der Waals surface area (Å²) in [5.74, 6) is 2.48. The van der Waals surface area contributed by atoms with Crippen molar-refractivity contribution >= 4 is 27.6 Å². The van der Waals surface area contributed by atoms with Crippen molar-refractivity contribution in [3.63, 3.8) is 0 Å². The van der Waals surface area contributed by atoms with E-state index in [4.69, 9.17) is 4.42 Å².